The van der Waals surface area contributed by atoms with Crippen molar-refractivity contribution < 1.29 is 19.4 Å². The molecule has 2 rings (SSSR count). The fourth-order valence-electron chi connectivity index (χ4n) is 1.95. The molecule has 0 aliphatic heterocycles. The van der Waals surface area contributed by atoms with Crippen molar-refractivity contribution in [1.29, 1.82) is 0 Å². The molecule has 0 fully saturated rings. The topological polar surface area (TPSA) is 63.6 Å². The van der Waals surface area contributed by atoms with Crippen LogP contribution in [0.1, 0.15) is 47.4 Å². The molecular formula is C22H27Br3O4. The van der Waals surface area contributed by atoms with Crippen LogP contribution in [0.15, 0.2) is 48.5 Å². The number of carbonyl (C=O) groups excluding carboxylic acids is 2. The molecule has 0 amide bonds. The quantitative estimate of drug-likeness (QED) is 0.269. The first-order valence-electron chi connectivity index (χ1n) is 9.19. The zero-order chi connectivity index (χ0) is 22.1. The molecule has 0 aliphatic rings. The zero-order valence-corrected chi connectivity index (χ0v) is 21.4. The molecule has 1 N–H and O–H groups in total. The van der Waals surface area contributed by atoms with Gasteiger partial charge < -0.3 is 9.84 Å². The summed E-state index contributed by atoms with van der Waals surface area (Å²) in [6, 6.07) is 13.5. The van der Waals surface area contributed by atoms with Gasteiger partial charge in [0.1, 0.15) is 11.5 Å². The van der Waals surface area contributed by atoms with E-state index in [4.69, 9.17) is 9.84 Å². The Labute approximate surface area is 198 Å². The molecule has 29 heavy (non-hydrogen) atoms. The number of rotatable bonds is 8. The van der Waals surface area contributed by atoms with Crippen molar-refractivity contribution in [2.75, 3.05) is 22.6 Å². The van der Waals surface area contributed by atoms with Crippen LogP contribution in [0.25, 0.3) is 0 Å². The van der Waals surface area contributed by atoms with E-state index >= 15 is 0 Å². The molecule has 0 saturated carbocycles. The Hall–Kier alpha value is -1.18. The van der Waals surface area contributed by atoms with E-state index < -0.39 is 0 Å². The highest BCUT2D eigenvalue weighted by atomic mass is 79.9. The van der Waals surface area contributed by atoms with Crippen molar-refractivity contribution in [3.63, 3.8) is 0 Å². The van der Waals surface area contributed by atoms with Crippen LogP contribution in [0.3, 0.4) is 0 Å². The van der Waals surface area contributed by atoms with Gasteiger partial charge in [-0.15, -0.1) is 0 Å². The zero-order valence-electron chi connectivity index (χ0n) is 16.7. The van der Waals surface area contributed by atoms with E-state index in [1.165, 1.54) is 12.1 Å². The average molecular weight is 595 g/mol. The fourth-order valence-corrected chi connectivity index (χ4v) is 2.11. The number of ketones is 2. The van der Waals surface area contributed by atoms with E-state index in [0.29, 0.717) is 25.0 Å². The third-order valence-corrected chi connectivity index (χ3v) is 5.61. The largest absolute Gasteiger partial charge is 0.508 e. The number of phenols is 1. The van der Waals surface area contributed by atoms with Crippen LogP contribution in [0, 0.1) is 0 Å². The van der Waals surface area contributed by atoms with E-state index in [9.17, 15) is 9.59 Å². The summed E-state index contributed by atoms with van der Waals surface area (Å²) in [6.07, 6.45) is 1.05. The van der Waals surface area contributed by atoms with Crippen LogP contribution in [0.4, 0.5) is 0 Å². The highest BCUT2D eigenvalue weighted by Gasteiger charge is 2.02. The lowest BCUT2D eigenvalue weighted by Gasteiger charge is -2.04. The number of carbonyl (C=O) groups is 2. The van der Waals surface area contributed by atoms with Gasteiger partial charge in [0.05, 0.1) is 6.61 Å². The van der Waals surface area contributed by atoms with Gasteiger partial charge in [0.2, 0.25) is 0 Å². The van der Waals surface area contributed by atoms with Gasteiger partial charge >= 0.3 is 0 Å². The molecule has 0 spiro atoms. The maximum Gasteiger partial charge on any atom is 0.162 e. The lowest BCUT2D eigenvalue weighted by molar-refractivity contribution is 0.0980. The standard InChI is InChI=1S/C11H13BrO2.C9H10O2.C2H4Br2/c1-2-11(13)9-3-5-10(6-4-9)14-8-7-12;1-2-9(11)7-3-5-8(10)6-4-7;3-1-2-4/h3-6H,2,7-8H2,1H3;3-6,10H,2H2,1H3;1-2H2. The maximum atomic E-state index is 11.3. The molecule has 0 heterocycles. The first-order chi connectivity index (χ1) is 13.9. The lowest BCUT2D eigenvalue weighted by atomic mass is 10.1. The van der Waals surface area contributed by atoms with Crippen molar-refractivity contribution in [3.05, 3.63) is 59.7 Å². The molecule has 0 radical (unpaired) electrons. The Kier molecular flexibility index (Phi) is 16.9. The van der Waals surface area contributed by atoms with E-state index in [0.717, 1.165) is 27.3 Å². The van der Waals surface area contributed by atoms with E-state index in [1.54, 1.807) is 24.3 Å². The Morgan fingerprint density at radius 3 is 1.52 bits per heavy atom. The minimum absolute atomic E-state index is 0.102. The number of aromatic hydroxyl groups is 1. The fraction of sp³-hybridized carbons (Fsp3) is 0.364. The molecule has 0 bridgehead atoms. The Balaban J connectivity index is 0.000000466. The normalized spacial score (nSPS) is 9.41. The van der Waals surface area contributed by atoms with Crippen LogP contribution < -0.4 is 4.74 Å². The van der Waals surface area contributed by atoms with Gasteiger partial charge in [-0.3, -0.25) is 9.59 Å². The van der Waals surface area contributed by atoms with Gasteiger partial charge in [0.15, 0.2) is 11.6 Å². The SMILES string of the molecule is BrCCBr.CCC(=O)c1ccc(O)cc1.CCC(=O)c1ccc(OCCBr)cc1. The van der Waals surface area contributed by atoms with Crippen LogP contribution in [-0.4, -0.2) is 39.3 Å². The third-order valence-electron chi connectivity index (χ3n) is 3.43. The first-order valence-corrected chi connectivity index (χ1v) is 12.6. The number of benzene rings is 2. The van der Waals surface area contributed by atoms with Crippen LogP contribution in [-0.2, 0) is 0 Å². The summed E-state index contributed by atoms with van der Waals surface area (Å²) in [4.78, 5) is 22.3. The smallest absolute Gasteiger partial charge is 0.162 e. The van der Waals surface area contributed by atoms with Crippen LogP contribution >= 0.6 is 47.8 Å². The second kappa shape index (κ2) is 17.7. The van der Waals surface area contributed by atoms with Gasteiger partial charge in [-0.1, -0.05) is 61.6 Å². The van der Waals surface area contributed by atoms with Crippen molar-refractivity contribution in [1.82, 2.24) is 0 Å². The number of hydrogen-bond acceptors (Lipinski definition) is 4. The van der Waals surface area contributed by atoms with Crippen molar-refractivity contribution >= 4 is 59.4 Å². The van der Waals surface area contributed by atoms with Crippen LogP contribution in [0.2, 0.25) is 0 Å². The molecular weight excluding hydrogens is 568 g/mol. The van der Waals surface area contributed by atoms with Gasteiger partial charge in [-0.2, -0.15) is 0 Å². The number of phenolic OH excluding ortho intramolecular Hbond substituents is 1. The number of hydrogen-bond donors (Lipinski definition) is 1. The highest BCUT2D eigenvalue weighted by molar-refractivity contribution is 9.12. The molecule has 160 valence electrons. The molecule has 0 aliphatic carbocycles. The maximum absolute atomic E-state index is 11.3. The van der Waals surface area contributed by atoms with Gasteiger partial charge in [-0.05, 0) is 48.5 Å². The Bertz CT molecular complexity index is 699. The molecule has 4 nitrogen and oxygen atoms in total. The highest BCUT2D eigenvalue weighted by Crippen LogP contribution is 2.13. The summed E-state index contributed by atoms with van der Waals surface area (Å²) in [5, 5.41) is 11.8. The van der Waals surface area contributed by atoms with Gasteiger partial charge in [0, 0.05) is 40.0 Å². The van der Waals surface area contributed by atoms with E-state index in [-0.39, 0.29) is 17.3 Å². The Morgan fingerprint density at radius 1 is 0.759 bits per heavy atom. The first kappa shape index (κ1) is 27.8. The predicted octanol–water partition coefficient (Wildman–Crippen LogP) is 6.81. The summed E-state index contributed by atoms with van der Waals surface area (Å²) in [5.74, 6) is 1.26. The molecule has 2 aromatic rings. The van der Waals surface area contributed by atoms with E-state index in [2.05, 4.69) is 47.8 Å². The van der Waals surface area contributed by atoms with Crippen molar-refractivity contribution in [2.45, 2.75) is 26.7 Å². The Morgan fingerprint density at radius 2 is 1.17 bits per heavy atom. The number of ether oxygens (including phenoxy) is 1. The minimum atomic E-state index is 0.102. The summed E-state index contributed by atoms with van der Waals surface area (Å²) in [7, 11) is 0. The summed E-state index contributed by atoms with van der Waals surface area (Å²) in [6.45, 7) is 4.31. The van der Waals surface area contributed by atoms with Gasteiger partial charge in [-0.25, -0.2) is 0 Å². The van der Waals surface area contributed by atoms with Crippen molar-refractivity contribution in [2.24, 2.45) is 0 Å². The average Bonchev–Trinajstić information content (AvgIpc) is 2.78. The van der Waals surface area contributed by atoms with E-state index in [1.807, 2.05) is 26.0 Å². The second-order valence-electron chi connectivity index (χ2n) is 5.54. The second-order valence-corrected chi connectivity index (χ2v) is 7.92. The summed E-state index contributed by atoms with van der Waals surface area (Å²) < 4.78 is 5.37. The minimum Gasteiger partial charge on any atom is -0.508 e. The predicted molar refractivity (Wildman–Crippen MR) is 131 cm³/mol. The lowest BCUT2D eigenvalue weighted by Crippen LogP contribution is -1.99. The summed E-state index contributed by atoms with van der Waals surface area (Å²) in [5.41, 5.74) is 1.41. The molecule has 0 saturated heterocycles. The third kappa shape index (κ3) is 12.9. The monoisotopic (exact) mass is 592 g/mol. The molecule has 0 aromatic heterocycles. The number of alkyl halides is 3. The summed E-state index contributed by atoms with van der Waals surface area (Å²) >= 11 is 9.68. The van der Waals surface area contributed by atoms with Crippen LogP contribution in [0.5, 0.6) is 11.5 Å². The number of halogens is 3. The van der Waals surface area contributed by atoms with Gasteiger partial charge in [0.25, 0.3) is 0 Å². The molecule has 0 atom stereocenters. The van der Waals surface area contributed by atoms with Crippen molar-refractivity contribution in [3.8, 4) is 11.5 Å². The molecule has 0 unspecified atom stereocenters. The molecule has 7 heteroatoms. The molecule has 2 aromatic carbocycles. The number of Topliss-reactive ketones (excluding diaryl/α,β-unsaturated/α-hetero) is 2.